The molecule has 3 rings (SSSR count). The summed E-state index contributed by atoms with van der Waals surface area (Å²) in [6.45, 7) is -0.366. The van der Waals surface area contributed by atoms with Crippen LogP contribution in [0, 0.1) is 0 Å². The van der Waals surface area contributed by atoms with Crippen molar-refractivity contribution >= 4 is 45.2 Å². The van der Waals surface area contributed by atoms with E-state index in [2.05, 4.69) is 4.98 Å². The first kappa shape index (κ1) is 17.0. The lowest BCUT2D eigenvalue weighted by Gasteiger charge is -2.21. The van der Waals surface area contributed by atoms with Gasteiger partial charge >= 0.3 is 5.97 Å². The zero-order valence-electron chi connectivity index (χ0n) is 13.9. The molecule has 0 saturated heterocycles. The van der Waals surface area contributed by atoms with Gasteiger partial charge in [-0.2, -0.15) is 4.98 Å². The van der Waals surface area contributed by atoms with Crippen LogP contribution in [0.3, 0.4) is 0 Å². The van der Waals surface area contributed by atoms with Crippen molar-refractivity contribution in [1.82, 2.24) is 9.55 Å². The summed E-state index contributed by atoms with van der Waals surface area (Å²) in [5.41, 5.74) is 0.994. The molecule has 25 heavy (non-hydrogen) atoms. The molecular weight excluding hydrogens is 346 g/mol. The number of anilines is 1. The molecule has 0 spiro atoms. The van der Waals surface area contributed by atoms with Gasteiger partial charge in [0.15, 0.2) is 5.43 Å². The summed E-state index contributed by atoms with van der Waals surface area (Å²) in [6, 6.07) is 6.40. The number of benzene rings is 1. The van der Waals surface area contributed by atoms with Crippen molar-refractivity contribution in [2.24, 2.45) is 0 Å². The second kappa shape index (κ2) is 6.25. The molecule has 7 nitrogen and oxygen atoms in total. The summed E-state index contributed by atoms with van der Waals surface area (Å²) in [6.07, 6.45) is 0. The zero-order valence-corrected chi connectivity index (χ0v) is 14.7. The maximum Gasteiger partial charge on any atom is 0.323 e. The van der Waals surface area contributed by atoms with E-state index in [0.29, 0.717) is 32.9 Å². The summed E-state index contributed by atoms with van der Waals surface area (Å²) in [5.74, 6) is -0.764. The van der Waals surface area contributed by atoms with Crippen LogP contribution in [0.2, 0.25) is 5.02 Å². The summed E-state index contributed by atoms with van der Waals surface area (Å²) in [4.78, 5) is 30.4. The SMILES string of the molecule is COc1ccc2c(=O)c3ccc(Cl)c(N(C)C)c3n(CC(=O)O)c2n1. The highest BCUT2D eigenvalue weighted by molar-refractivity contribution is 6.35. The highest BCUT2D eigenvalue weighted by Crippen LogP contribution is 2.34. The van der Waals surface area contributed by atoms with Crippen molar-refractivity contribution in [3.8, 4) is 5.88 Å². The van der Waals surface area contributed by atoms with Crippen LogP contribution in [0.5, 0.6) is 5.88 Å². The average Bonchev–Trinajstić information content (AvgIpc) is 2.57. The minimum absolute atomic E-state index is 0.235. The van der Waals surface area contributed by atoms with E-state index in [0.717, 1.165) is 0 Å². The molecule has 130 valence electrons. The number of aromatic nitrogens is 2. The van der Waals surface area contributed by atoms with Gasteiger partial charge in [0.25, 0.3) is 0 Å². The minimum Gasteiger partial charge on any atom is -0.481 e. The lowest BCUT2D eigenvalue weighted by Crippen LogP contribution is -2.20. The molecule has 0 radical (unpaired) electrons. The third kappa shape index (κ3) is 2.76. The van der Waals surface area contributed by atoms with Gasteiger partial charge in [0.2, 0.25) is 5.88 Å². The standard InChI is InChI=1S/C17H16ClN3O4/c1-20(2)15-11(18)6-4-9-14(15)21(8-13(22)23)17-10(16(9)24)5-7-12(19-17)25-3/h4-7H,8H2,1-3H3,(H,22,23). The molecule has 0 aliphatic carbocycles. The molecule has 1 N–H and O–H groups in total. The number of carboxylic acid groups (broad SMARTS) is 1. The normalized spacial score (nSPS) is 11.0. The Bertz CT molecular complexity index is 1060. The average molecular weight is 362 g/mol. The summed E-state index contributed by atoms with van der Waals surface area (Å²) in [5, 5.41) is 10.5. The van der Waals surface area contributed by atoms with Crippen molar-refractivity contribution in [3.05, 3.63) is 39.5 Å². The first-order valence-electron chi connectivity index (χ1n) is 7.44. The van der Waals surface area contributed by atoms with Crippen LogP contribution >= 0.6 is 11.6 Å². The lowest BCUT2D eigenvalue weighted by molar-refractivity contribution is -0.137. The van der Waals surface area contributed by atoms with Crippen molar-refractivity contribution in [2.75, 3.05) is 26.1 Å². The molecule has 8 heteroatoms. The Hall–Kier alpha value is -2.80. The van der Waals surface area contributed by atoms with E-state index < -0.39 is 5.97 Å². The quantitative estimate of drug-likeness (QED) is 0.718. The number of pyridine rings is 2. The minimum atomic E-state index is -1.06. The number of halogens is 1. The van der Waals surface area contributed by atoms with Gasteiger partial charge in [-0.3, -0.25) is 9.59 Å². The molecule has 3 aromatic rings. The van der Waals surface area contributed by atoms with E-state index in [-0.39, 0.29) is 17.6 Å². The maximum atomic E-state index is 12.9. The van der Waals surface area contributed by atoms with Crippen LogP contribution in [0.4, 0.5) is 5.69 Å². The molecule has 2 heterocycles. The third-order valence-corrected chi connectivity index (χ3v) is 4.22. The van der Waals surface area contributed by atoms with E-state index >= 15 is 0 Å². The van der Waals surface area contributed by atoms with Crippen LogP contribution in [0.15, 0.2) is 29.1 Å². The number of carboxylic acids is 1. The van der Waals surface area contributed by atoms with Crippen LogP contribution in [0.25, 0.3) is 21.9 Å². The van der Waals surface area contributed by atoms with E-state index in [1.54, 1.807) is 43.3 Å². The van der Waals surface area contributed by atoms with E-state index in [4.69, 9.17) is 16.3 Å². The first-order chi connectivity index (χ1) is 11.8. The number of hydrogen-bond acceptors (Lipinski definition) is 5. The van der Waals surface area contributed by atoms with Gasteiger partial charge in [0.05, 0.1) is 28.7 Å². The molecule has 0 amide bonds. The molecule has 0 unspecified atom stereocenters. The Morgan fingerprint density at radius 1 is 1.28 bits per heavy atom. The number of nitrogens with zero attached hydrogens (tertiary/aromatic N) is 3. The predicted octanol–water partition coefficient (Wildman–Crippen LogP) is 2.36. The summed E-state index contributed by atoms with van der Waals surface area (Å²) in [7, 11) is 5.01. The van der Waals surface area contributed by atoms with Crippen LogP contribution in [0.1, 0.15) is 0 Å². The van der Waals surface area contributed by atoms with Gasteiger partial charge in [-0.1, -0.05) is 11.6 Å². The summed E-state index contributed by atoms with van der Waals surface area (Å²) >= 11 is 6.32. The number of hydrogen-bond donors (Lipinski definition) is 1. The van der Waals surface area contributed by atoms with Crippen molar-refractivity contribution in [1.29, 1.82) is 0 Å². The van der Waals surface area contributed by atoms with E-state index in [1.165, 1.54) is 11.7 Å². The Kier molecular flexibility index (Phi) is 4.26. The van der Waals surface area contributed by atoms with E-state index in [1.807, 2.05) is 0 Å². The number of ether oxygens (including phenoxy) is 1. The molecule has 2 aromatic heterocycles. The number of aliphatic carboxylic acids is 1. The Morgan fingerprint density at radius 3 is 2.56 bits per heavy atom. The second-order valence-electron chi connectivity index (χ2n) is 5.72. The van der Waals surface area contributed by atoms with Crippen LogP contribution in [-0.2, 0) is 11.3 Å². The van der Waals surface area contributed by atoms with Gasteiger partial charge in [0.1, 0.15) is 12.2 Å². The fourth-order valence-corrected chi connectivity index (χ4v) is 3.23. The third-order valence-electron chi connectivity index (χ3n) is 3.92. The second-order valence-corrected chi connectivity index (χ2v) is 6.13. The number of carbonyl (C=O) groups is 1. The molecular formula is C17H16ClN3O4. The Balaban J connectivity index is 2.62. The fourth-order valence-electron chi connectivity index (χ4n) is 2.90. The number of methoxy groups -OCH3 is 1. The lowest BCUT2D eigenvalue weighted by atomic mass is 10.1. The molecule has 0 fully saturated rings. The topological polar surface area (TPSA) is 84.7 Å². The molecule has 0 bridgehead atoms. The highest BCUT2D eigenvalue weighted by Gasteiger charge is 2.20. The zero-order chi connectivity index (χ0) is 18.3. The van der Waals surface area contributed by atoms with E-state index in [9.17, 15) is 14.7 Å². The largest absolute Gasteiger partial charge is 0.481 e. The monoisotopic (exact) mass is 361 g/mol. The molecule has 0 aliphatic rings. The molecule has 0 saturated carbocycles. The van der Waals surface area contributed by atoms with Crippen molar-refractivity contribution < 1.29 is 14.6 Å². The molecule has 0 aliphatic heterocycles. The predicted molar refractivity (Wildman–Crippen MR) is 97.0 cm³/mol. The van der Waals surface area contributed by atoms with Gasteiger partial charge in [0, 0.05) is 25.5 Å². The number of fused-ring (bicyclic) bond motifs is 2. The number of rotatable bonds is 4. The van der Waals surface area contributed by atoms with Crippen molar-refractivity contribution in [2.45, 2.75) is 6.54 Å². The fraction of sp³-hybridized carbons (Fsp3) is 0.235. The van der Waals surface area contributed by atoms with Gasteiger partial charge < -0.3 is 19.3 Å². The Morgan fingerprint density at radius 2 is 1.96 bits per heavy atom. The van der Waals surface area contributed by atoms with Crippen molar-refractivity contribution in [3.63, 3.8) is 0 Å². The van der Waals surface area contributed by atoms with Gasteiger partial charge in [-0.05, 0) is 18.2 Å². The van der Waals surface area contributed by atoms with Crippen LogP contribution in [-0.4, -0.2) is 41.8 Å². The maximum absolute atomic E-state index is 12.9. The van der Waals surface area contributed by atoms with Crippen LogP contribution < -0.4 is 15.1 Å². The highest BCUT2D eigenvalue weighted by atomic mass is 35.5. The first-order valence-corrected chi connectivity index (χ1v) is 7.81. The summed E-state index contributed by atoms with van der Waals surface area (Å²) < 4.78 is 6.61. The molecule has 0 atom stereocenters. The van der Waals surface area contributed by atoms with Gasteiger partial charge in [-0.15, -0.1) is 0 Å². The molecule has 1 aromatic carbocycles. The Labute approximate surface area is 148 Å². The smallest absolute Gasteiger partial charge is 0.323 e. The van der Waals surface area contributed by atoms with Gasteiger partial charge in [-0.25, -0.2) is 0 Å².